The molecule has 112 valence electrons. The van der Waals surface area contributed by atoms with Gasteiger partial charge >= 0.3 is 0 Å². The molecule has 0 aliphatic carbocycles. The lowest BCUT2D eigenvalue weighted by Crippen LogP contribution is -2.16. The zero-order chi connectivity index (χ0) is 15.6. The van der Waals surface area contributed by atoms with Gasteiger partial charge in [-0.3, -0.25) is 9.48 Å². The van der Waals surface area contributed by atoms with Crippen molar-refractivity contribution in [1.82, 2.24) is 9.78 Å². The minimum Gasteiger partial charge on any atom is -0.396 e. The normalized spacial score (nSPS) is 10.5. The van der Waals surface area contributed by atoms with Crippen molar-refractivity contribution in [2.24, 2.45) is 0 Å². The van der Waals surface area contributed by atoms with Crippen molar-refractivity contribution in [3.05, 3.63) is 35.7 Å². The summed E-state index contributed by atoms with van der Waals surface area (Å²) in [5.41, 5.74) is 9.38. The summed E-state index contributed by atoms with van der Waals surface area (Å²) >= 11 is 0. The first-order valence-electron chi connectivity index (χ1n) is 6.84. The van der Waals surface area contributed by atoms with Gasteiger partial charge in [0, 0.05) is 38.2 Å². The predicted molar refractivity (Wildman–Crippen MR) is 85.8 cm³/mol. The quantitative estimate of drug-likeness (QED) is 0.903. The summed E-state index contributed by atoms with van der Waals surface area (Å²) in [5.74, 6) is -0.298. The number of hydrogen-bond acceptors (Lipinski definition) is 4. The molecule has 2 rings (SSSR count). The van der Waals surface area contributed by atoms with Crippen molar-refractivity contribution in [3.8, 4) is 0 Å². The number of aryl methyl sites for hydroxylation is 2. The molecule has 1 amide bonds. The number of nitrogen functional groups attached to an aromatic ring is 1. The minimum atomic E-state index is -0.298. The number of nitrogens with one attached hydrogen (secondary N) is 1. The molecule has 1 aromatic heterocycles. The molecule has 0 saturated carbocycles. The highest BCUT2D eigenvalue weighted by molar-refractivity contribution is 6.06. The van der Waals surface area contributed by atoms with E-state index in [1.54, 1.807) is 10.9 Å². The fourth-order valence-corrected chi connectivity index (χ4v) is 2.13. The van der Waals surface area contributed by atoms with Gasteiger partial charge in [-0.15, -0.1) is 0 Å². The smallest absolute Gasteiger partial charge is 0.278 e. The van der Waals surface area contributed by atoms with E-state index in [0.29, 0.717) is 12.2 Å². The van der Waals surface area contributed by atoms with Gasteiger partial charge in [-0.2, -0.15) is 5.10 Å². The van der Waals surface area contributed by atoms with E-state index in [-0.39, 0.29) is 11.6 Å². The predicted octanol–water partition coefficient (Wildman–Crippen LogP) is 2.11. The minimum absolute atomic E-state index is 0.254. The van der Waals surface area contributed by atoms with E-state index in [1.165, 1.54) is 0 Å². The average Bonchev–Trinajstić information content (AvgIpc) is 2.82. The SMILES string of the molecule is CCn1cc(N)c(C(=O)Nc2ccc(C)c(N(C)C)c2)n1. The third kappa shape index (κ3) is 3.16. The second-order valence-electron chi connectivity index (χ2n) is 5.14. The lowest BCUT2D eigenvalue weighted by atomic mass is 10.1. The topological polar surface area (TPSA) is 76.2 Å². The first-order valence-corrected chi connectivity index (χ1v) is 6.84. The maximum Gasteiger partial charge on any atom is 0.278 e. The molecule has 6 nitrogen and oxygen atoms in total. The van der Waals surface area contributed by atoms with Crippen LogP contribution in [0, 0.1) is 6.92 Å². The van der Waals surface area contributed by atoms with Crippen LogP contribution < -0.4 is 16.0 Å². The van der Waals surface area contributed by atoms with Gasteiger partial charge in [0.2, 0.25) is 0 Å². The van der Waals surface area contributed by atoms with E-state index in [9.17, 15) is 4.79 Å². The zero-order valence-corrected chi connectivity index (χ0v) is 12.8. The molecule has 0 saturated heterocycles. The molecule has 0 atom stereocenters. The Morgan fingerprint density at radius 2 is 2.14 bits per heavy atom. The standard InChI is InChI=1S/C15H21N5O/c1-5-20-9-12(16)14(18-20)15(21)17-11-7-6-10(2)13(8-11)19(3)4/h6-9H,5,16H2,1-4H3,(H,17,21). The Bertz CT molecular complexity index is 660. The van der Waals surface area contributed by atoms with Crippen LogP contribution in [0.2, 0.25) is 0 Å². The Hall–Kier alpha value is -2.50. The molecule has 0 aliphatic rings. The van der Waals surface area contributed by atoms with E-state index in [0.717, 1.165) is 16.9 Å². The maximum atomic E-state index is 12.2. The summed E-state index contributed by atoms with van der Waals surface area (Å²) in [5, 5.41) is 7.01. The van der Waals surface area contributed by atoms with Crippen LogP contribution in [-0.4, -0.2) is 29.8 Å². The number of carbonyl (C=O) groups excluding carboxylic acids is 1. The van der Waals surface area contributed by atoms with Gasteiger partial charge in [0.15, 0.2) is 5.69 Å². The Kier molecular flexibility index (Phi) is 4.16. The van der Waals surface area contributed by atoms with Crippen LogP contribution in [0.3, 0.4) is 0 Å². The molecule has 0 aliphatic heterocycles. The number of hydrogen-bond donors (Lipinski definition) is 2. The summed E-state index contributed by atoms with van der Waals surface area (Å²) in [7, 11) is 3.93. The number of anilines is 3. The number of rotatable bonds is 4. The monoisotopic (exact) mass is 287 g/mol. The molecule has 1 aromatic carbocycles. The third-order valence-corrected chi connectivity index (χ3v) is 3.28. The zero-order valence-electron chi connectivity index (χ0n) is 12.8. The molecule has 2 aromatic rings. The molecular weight excluding hydrogens is 266 g/mol. The number of aromatic nitrogens is 2. The van der Waals surface area contributed by atoms with Crippen molar-refractivity contribution in [2.75, 3.05) is 30.0 Å². The Balaban J connectivity index is 2.23. The molecule has 0 unspecified atom stereocenters. The van der Waals surface area contributed by atoms with Crippen molar-refractivity contribution in [1.29, 1.82) is 0 Å². The van der Waals surface area contributed by atoms with E-state index < -0.39 is 0 Å². The van der Waals surface area contributed by atoms with Gasteiger partial charge < -0.3 is 16.0 Å². The molecule has 1 heterocycles. The lowest BCUT2D eigenvalue weighted by Gasteiger charge is -2.17. The molecule has 0 radical (unpaired) electrons. The number of carbonyl (C=O) groups is 1. The largest absolute Gasteiger partial charge is 0.396 e. The van der Waals surface area contributed by atoms with Crippen LogP contribution in [0.1, 0.15) is 23.0 Å². The highest BCUT2D eigenvalue weighted by Crippen LogP contribution is 2.23. The van der Waals surface area contributed by atoms with Gasteiger partial charge in [-0.05, 0) is 31.5 Å². The van der Waals surface area contributed by atoms with Crippen LogP contribution in [0.15, 0.2) is 24.4 Å². The highest BCUT2D eigenvalue weighted by Gasteiger charge is 2.15. The van der Waals surface area contributed by atoms with Crippen LogP contribution in [0.5, 0.6) is 0 Å². The van der Waals surface area contributed by atoms with E-state index >= 15 is 0 Å². The summed E-state index contributed by atoms with van der Waals surface area (Å²) < 4.78 is 1.64. The van der Waals surface area contributed by atoms with Crippen molar-refractivity contribution < 1.29 is 4.79 Å². The molecule has 6 heteroatoms. The van der Waals surface area contributed by atoms with Crippen LogP contribution in [0.25, 0.3) is 0 Å². The van der Waals surface area contributed by atoms with Gasteiger partial charge in [0.05, 0.1) is 5.69 Å². The van der Waals surface area contributed by atoms with Crippen molar-refractivity contribution >= 4 is 23.0 Å². The highest BCUT2D eigenvalue weighted by atomic mass is 16.2. The van der Waals surface area contributed by atoms with Gasteiger partial charge in [0.1, 0.15) is 0 Å². The van der Waals surface area contributed by atoms with E-state index in [4.69, 9.17) is 5.73 Å². The van der Waals surface area contributed by atoms with Crippen LogP contribution in [0.4, 0.5) is 17.1 Å². The Labute approximate surface area is 124 Å². The Morgan fingerprint density at radius 3 is 2.71 bits per heavy atom. The first-order chi connectivity index (χ1) is 9.92. The maximum absolute atomic E-state index is 12.2. The number of amides is 1. The molecule has 3 N–H and O–H groups in total. The van der Waals surface area contributed by atoms with Gasteiger partial charge in [-0.1, -0.05) is 6.07 Å². The van der Waals surface area contributed by atoms with Crippen LogP contribution >= 0.6 is 0 Å². The van der Waals surface area contributed by atoms with E-state index in [2.05, 4.69) is 10.4 Å². The fourth-order valence-electron chi connectivity index (χ4n) is 2.13. The first kappa shape index (κ1) is 14.9. The summed E-state index contributed by atoms with van der Waals surface area (Å²) in [6.07, 6.45) is 1.66. The number of benzene rings is 1. The second-order valence-corrected chi connectivity index (χ2v) is 5.14. The van der Waals surface area contributed by atoms with E-state index in [1.807, 2.05) is 51.0 Å². The molecule has 0 fully saturated rings. The number of nitrogens with two attached hydrogens (primary N) is 1. The second kappa shape index (κ2) is 5.87. The van der Waals surface area contributed by atoms with Crippen molar-refractivity contribution in [3.63, 3.8) is 0 Å². The summed E-state index contributed by atoms with van der Waals surface area (Å²) in [6, 6.07) is 5.77. The third-order valence-electron chi connectivity index (χ3n) is 3.28. The molecule has 0 bridgehead atoms. The van der Waals surface area contributed by atoms with Crippen molar-refractivity contribution in [2.45, 2.75) is 20.4 Å². The van der Waals surface area contributed by atoms with Gasteiger partial charge in [0.25, 0.3) is 5.91 Å². The molecule has 21 heavy (non-hydrogen) atoms. The average molecular weight is 287 g/mol. The van der Waals surface area contributed by atoms with Crippen LogP contribution in [-0.2, 0) is 6.54 Å². The molecule has 0 spiro atoms. The van der Waals surface area contributed by atoms with Gasteiger partial charge in [-0.25, -0.2) is 0 Å². The fraction of sp³-hybridized carbons (Fsp3) is 0.333. The Morgan fingerprint density at radius 1 is 1.43 bits per heavy atom. The molecular formula is C15H21N5O. The summed E-state index contributed by atoms with van der Waals surface area (Å²) in [6.45, 7) is 4.64. The lowest BCUT2D eigenvalue weighted by molar-refractivity contribution is 0.102. The number of nitrogens with zero attached hydrogens (tertiary/aromatic N) is 3. The summed E-state index contributed by atoms with van der Waals surface area (Å²) in [4.78, 5) is 14.3.